The van der Waals surface area contributed by atoms with Crippen LogP contribution in [-0.2, 0) is 14.3 Å². The molecule has 1 aliphatic heterocycles. The Balaban J connectivity index is 2.27. The van der Waals surface area contributed by atoms with Gasteiger partial charge >= 0.3 is 11.9 Å². The summed E-state index contributed by atoms with van der Waals surface area (Å²) in [5, 5.41) is 8.45. The van der Waals surface area contributed by atoms with Crippen molar-refractivity contribution >= 4 is 34.5 Å². The molecule has 1 rings (SSSR count). The van der Waals surface area contributed by atoms with Crippen molar-refractivity contribution in [3.8, 4) is 0 Å². The molecular formula is C8H11IO4. The Morgan fingerprint density at radius 3 is 2.92 bits per heavy atom. The van der Waals surface area contributed by atoms with E-state index in [-0.39, 0.29) is 22.4 Å². The number of ether oxygens (including phenoxy) is 1. The molecule has 0 aromatic heterocycles. The fraction of sp³-hybridized carbons (Fsp3) is 0.750. The van der Waals surface area contributed by atoms with E-state index in [1.165, 1.54) is 0 Å². The maximum atomic E-state index is 10.8. The smallest absolute Gasteiger partial charge is 0.306 e. The summed E-state index contributed by atoms with van der Waals surface area (Å²) in [7, 11) is 0. The Morgan fingerprint density at radius 2 is 2.46 bits per heavy atom. The minimum Gasteiger partial charge on any atom is -0.481 e. The van der Waals surface area contributed by atoms with Crippen LogP contribution in [0.2, 0.25) is 0 Å². The molecule has 1 N–H and O–H groups in total. The van der Waals surface area contributed by atoms with E-state index in [9.17, 15) is 9.59 Å². The highest BCUT2D eigenvalue weighted by Crippen LogP contribution is 2.25. The summed E-state index contributed by atoms with van der Waals surface area (Å²) < 4.78 is 5.14. The van der Waals surface area contributed by atoms with Crippen LogP contribution in [0, 0.1) is 0 Å². The van der Waals surface area contributed by atoms with Crippen LogP contribution in [0.4, 0.5) is 0 Å². The van der Waals surface area contributed by atoms with E-state index in [0.717, 1.165) is 6.42 Å². The molecule has 4 nitrogen and oxygen atoms in total. The van der Waals surface area contributed by atoms with Crippen molar-refractivity contribution in [1.82, 2.24) is 0 Å². The highest BCUT2D eigenvalue weighted by molar-refractivity contribution is 14.1. The Labute approximate surface area is 89.8 Å². The molecule has 0 saturated carbocycles. The molecule has 0 amide bonds. The van der Waals surface area contributed by atoms with Gasteiger partial charge in [0.1, 0.15) is 6.10 Å². The number of aliphatic carboxylic acids is 1. The Morgan fingerprint density at radius 1 is 1.77 bits per heavy atom. The fourth-order valence-corrected chi connectivity index (χ4v) is 2.07. The number of alkyl halides is 1. The van der Waals surface area contributed by atoms with Gasteiger partial charge in [0, 0.05) is 16.8 Å². The second-order valence-corrected chi connectivity index (χ2v) is 4.62. The third kappa shape index (κ3) is 3.50. The molecule has 1 aliphatic rings. The molecule has 74 valence electrons. The van der Waals surface area contributed by atoms with Crippen molar-refractivity contribution < 1.29 is 19.4 Å². The molecule has 0 spiro atoms. The predicted octanol–water partition coefficient (Wildman–Crippen LogP) is 1.36. The molecule has 1 saturated heterocycles. The summed E-state index contributed by atoms with van der Waals surface area (Å²) in [6, 6.07) is 0. The fourth-order valence-electron chi connectivity index (χ4n) is 1.25. The molecule has 0 unspecified atom stereocenters. The van der Waals surface area contributed by atoms with E-state index >= 15 is 0 Å². The minimum atomic E-state index is -0.800. The zero-order valence-electron chi connectivity index (χ0n) is 7.03. The molecular weight excluding hydrogens is 287 g/mol. The van der Waals surface area contributed by atoms with Gasteiger partial charge in [-0.2, -0.15) is 0 Å². The van der Waals surface area contributed by atoms with Crippen molar-refractivity contribution in [3.63, 3.8) is 0 Å². The molecule has 2 atom stereocenters. The molecule has 0 aromatic carbocycles. The highest BCUT2D eigenvalue weighted by atomic mass is 127. The van der Waals surface area contributed by atoms with Gasteiger partial charge in [0.15, 0.2) is 0 Å². The topological polar surface area (TPSA) is 63.6 Å². The van der Waals surface area contributed by atoms with Crippen molar-refractivity contribution in [2.45, 2.75) is 35.7 Å². The van der Waals surface area contributed by atoms with Gasteiger partial charge in [-0.25, -0.2) is 0 Å². The lowest BCUT2D eigenvalue weighted by Crippen LogP contribution is -2.20. The van der Waals surface area contributed by atoms with Gasteiger partial charge in [-0.1, -0.05) is 22.6 Å². The number of hydrogen-bond acceptors (Lipinski definition) is 3. The summed E-state index contributed by atoms with van der Waals surface area (Å²) in [5.41, 5.74) is 0. The van der Waals surface area contributed by atoms with Crippen molar-refractivity contribution in [1.29, 1.82) is 0 Å². The van der Waals surface area contributed by atoms with E-state index in [1.807, 2.05) is 0 Å². The van der Waals surface area contributed by atoms with Crippen LogP contribution in [-0.4, -0.2) is 27.1 Å². The van der Waals surface area contributed by atoms with Gasteiger partial charge in [0.2, 0.25) is 0 Å². The summed E-state index contributed by atoms with van der Waals surface area (Å²) >= 11 is 2.15. The second-order valence-electron chi connectivity index (χ2n) is 3.02. The molecule has 5 heteroatoms. The van der Waals surface area contributed by atoms with Gasteiger partial charge in [0.05, 0.1) is 0 Å². The van der Waals surface area contributed by atoms with E-state index in [2.05, 4.69) is 22.6 Å². The number of cyclic esters (lactones) is 1. The van der Waals surface area contributed by atoms with E-state index in [1.54, 1.807) is 0 Å². The average molecular weight is 298 g/mol. The number of carbonyl (C=O) groups excluding carboxylic acids is 1. The lowest BCUT2D eigenvalue weighted by molar-refractivity contribution is -0.141. The van der Waals surface area contributed by atoms with E-state index < -0.39 is 5.97 Å². The van der Waals surface area contributed by atoms with Crippen LogP contribution in [0.3, 0.4) is 0 Å². The van der Waals surface area contributed by atoms with Gasteiger partial charge in [-0.3, -0.25) is 9.59 Å². The number of carbonyl (C=O) groups is 2. The van der Waals surface area contributed by atoms with Crippen molar-refractivity contribution in [2.24, 2.45) is 0 Å². The predicted molar refractivity (Wildman–Crippen MR) is 53.8 cm³/mol. The standard InChI is InChI=1S/C8H11IO4/c9-5(1-3-7(10)11)6-2-4-8(12)13-6/h5-6H,1-4H2,(H,10,11)/t5-,6-/m0/s1. The van der Waals surface area contributed by atoms with Gasteiger partial charge in [0.25, 0.3) is 0 Å². The van der Waals surface area contributed by atoms with E-state index in [4.69, 9.17) is 9.84 Å². The maximum absolute atomic E-state index is 10.8. The number of halogens is 1. The number of rotatable bonds is 4. The van der Waals surface area contributed by atoms with Crippen LogP contribution in [0.15, 0.2) is 0 Å². The molecule has 0 radical (unpaired) electrons. The van der Waals surface area contributed by atoms with Crippen LogP contribution in [0.1, 0.15) is 25.7 Å². The lowest BCUT2D eigenvalue weighted by atomic mass is 10.1. The first-order valence-corrected chi connectivity index (χ1v) is 5.39. The van der Waals surface area contributed by atoms with Gasteiger partial charge < -0.3 is 9.84 Å². The molecule has 1 fully saturated rings. The number of carboxylic acid groups (broad SMARTS) is 1. The molecule has 1 heterocycles. The van der Waals surface area contributed by atoms with Crippen molar-refractivity contribution in [2.75, 3.05) is 0 Å². The van der Waals surface area contributed by atoms with Gasteiger partial charge in [-0.15, -0.1) is 0 Å². The lowest BCUT2D eigenvalue weighted by Gasteiger charge is -2.14. The first-order chi connectivity index (χ1) is 6.09. The molecule has 0 aliphatic carbocycles. The quantitative estimate of drug-likeness (QED) is 0.483. The number of hydrogen-bond donors (Lipinski definition) is 1. The third-order valence-electron chi connectivity index (χ3n) is 1.95. The Bertz CT molecular complexity index is 216. The summed E-state index contributed by atoms with van der Waals surface area (Å²) in [6.45, 7) is 0. The second kappa shape index (κ2) is 4.78. The normalized spacial score (nSPS) is 24.1. The van der Waals surface area contributed by atoms with E-state index in [0.29, 0.717) is 12.8 Å². The van der Waals surface area contributed by atoms with Crippen LogP contribution in [0.5, 0.6) is 0 Å². The monoisotopic (exact) mass is 298 g/mol. The first kappa shape index (κ1) is 10.7. The molecule has 0 bridgehead atoms. The average Bonchev–Trinajstić information content (AvgIpc) is 2.47. The van der Waals surface area contributed by atoms with Crippen LogP contribution in [0.25, 0.3) is 0 Å². The third-order valence-corrected chi connectivity index (χ3v) is 3.38. The van der Waals surface area contributed by atoms with Gasteiger partial charge in [-0.05, 0) is 12.8 Å². The largest absolute Gasteiger partial charge is 0.481 e. The number of carboxylic acids is 1. The SMILES string of the molecule is O=C(O)CC[C@H](I)[C@@H]1CCC(=O)O1. The summed E-state index contributed by atoms with van der Waals surface area (Å²) in [4.78, 5) is 21.0. The zero-order chi connectivity index (χ0) is 9.84. The van der Waals surface area contributed by atoms with Crippen molar-refractivity contribution in [3.05, 3.63) is 0 Å². The van der Waals surface area contributed by atoms with Crippen LogP contribution >= 0.6 is 22.6 Å². The Hall–Kier alpha value is -0.330. The molecule has 13 heavy (non-hydrogen) atoms. The highest BCUT2D eigenvalue weighted by Gasteiger charge is 2.29. The summed E-state index contributed by atoms with van der Waals surface area (Å²) in [5.74, 6) is -0.965. The van der Waals surface area contributed by atoms with Crippen LogP contribution < -0.4 is 0 Å². The maximum Gasteiger partial charge on any atom is 0.306 e. The molecule has 0 aromatic rings. The zero-order valence-corrected chi connectivity index (χ0v) is 9.19. The first-order valence-electron chi connectivity index (χ1n) is 4.15. The minimum absolute atomic E-state index is 0.0764. The Kier molecular flexibility index (Phi) is 3.95. The number of esters is 1. The summed E-state index contributed by atoms with van der Waals surface area (Å²) in [6.07, 6.45) is 1.83.